The van der Waals surface area contributed by atoms with Crippen molar-refractivity contribution in [2.75, 3.05) is 4.90 Å². The van der Waals surface area contributed by atoms with E-state index in [-0.39, 0.29) is 0 Å². The van der Waals surface area contributed by atoms with Crippen LogP contribution in [0.1, 0.15) is 5.56 Å². The fraction of sp³-hybridized carbons (Fsp3) is 0.0909. The summed E-state index contributed by atoms with van der Waals surface area (Å²) in [5.74, 6) is 0. The molecule has 0 saturated carbocycles. The minimum absolute atomic E-state index is 0.852. The van der Waals surface area contributed by atoms with Crippen molar-refractivity contribution in [2.24, 2.45) is 0 Å². The summed E-state index contributed by atoms with van der Waals surface area (Å²) in [6.07, 6.45) is 10.4. The Balaban J connectivity index is 2.99. The Labute approximate surface area is 73.0 Å². The molecule has 0 bridgehead atoms. The van der Waals surface area contributed by atoms with Gasteiger partial charge in [0.15, 0.2) is 0 Å². The Bertz CT molecular complexity index is 321. The van der Waals surface area contributed by atoms with Crippen molar-refractivity contribution in [3.63, 3.8) is 0 Å². The first kappa shape index (κ1) is 8.24. The van der Waals surface area contributed by atoms with E-state index in [0.717, 1.165) is 5.69 Å². The van der Waals surface area contributed by atoms with Crippen LogP contribution in [0.4, 0.5) is 5.69 Å². The van der Waals surface area contributed by atoms with Crippen molar-refractivity contribution < 1.29 is 0 Å². The van der Waals surface area contributed by atoms with Gasteiger partial charge in [-0.25, -0.2) is 4.90 Å². The standard InChI is InChI=1S/C11H9N/c1-4-12(5-2)11-8-6-10(3)7-9-11/h1-2,6-9H,3H3. The Hall–Kier alpha value is -1.86. The number of aryl methyl sites for hydroxylation is 1. The molecule has 0 amide bonds. The summed E-state index contributed by atoms with van der Waals surface area (Å²) in [5, 5.41) is 0. The summed E-state index contributed by atoms with van der Waals surface area (Å²) in [4.78, 5) is 1.40. The van der Waals surface area contributed by atoms with E-state index in [0.29, 0.717) is 0 Å². The third-order valence-corrected chi connectivity index (χ3v) is 1.55. The number of terminal acetylenes is 2. The molecule has 0 aromatic heterocycles. The lowest BCUT2D eigenvalue weighted by Crippen LogP contribution is -2.06. The molecule has 0 N–H and O–H groups in total. The van der Waals surface area contributed by atoms with Gasteiger partial charge in [-0.05, 0) is 19.1 Å². The Kier molecular flexibility index (Phi) is 2.41. The van der Waals surface area contributed by atoms with Crippen LogP contribution in [0.15, 0.2) is 24.3 Å². The van der Waals surface area contributed by atoms with Gasteiger partial charge >= 0.3 is 0 Å². The van der Waals surface area contributed by atoms with Crippen molar-refractivity contribution in [2.45, 2.75) is 6.92 Å². The highest BCUT2D eigenvalue weighted by molar-refractivity contribution is 5.56. The zero-order chi connectivity index (χ0) is 8.97. The zero-order valence-corrected chi connectivity index (χ0v) is 6.91. The molecule has 0 radical (unpaired) electrons. The molecule has 1 aromatic carbocycles. The van der Waals surface area contributed by atoms with Crippen LogP contribution in [-0.2, 0) is 0 Å². The quantitative estimate of drug-likeness (QED) is 0.443. The zero-order valence-electron chi connectivity index (χ0n) is 6.91. The van der Waals surface area contributed by atoms with Crippen molar-refractivity contribution >= 4 is 5.69 Å². The second-order valence-electron chi connectivity index (χ2n) is 2.43. The van der Waals surface area contributed by atoms with Gasteiger partial charge in [0, 0.05) is 12.1 Å². The molecule has 1 heteroatoms. The van der Waals surface area contributed by atoms with Crippen molar-refractivity contribution in [1.29, 1.82) is 0 Å². The molecule has 58 valence electrons. The van der Waals surface area contributed by atoms with Gasteiger partial charge in [0.2, 0.25) is 0 Å². The number of hydrogen-bond acceptors (Lipinski definition) is 1. The van der Waals surface area contributed by atoms with Gasteiger partial charge in [-0.15, -0.1) is 0 Å². The Morgan fingerprint density at radius 2 is 1.58 bits per heavy atom. The average molecular weight is 155 g/mol. The van der Waals surface area contributed by atoms with Crippen molar-refractivity contribution in [3.05, 3.63) is 29.8 Å². The molecular weight excluding hydrogens is 146 g/mol. The van der Waals surface area contributed by atoms with E-state index in [1.807, 2.05) is 31.2 Å². The fourth-order valence-corrected chi connectivity index (χ4v) is 0.880. The second-order valence-corrected chi connectivity index (χ2v) is 2.43. The fourth-order valence-electron chi connectivity index (χ4n) is 0.880. The summed E-state index contributed by atoms with van der Waals surface area (Å²) in [6, 6.07) is 12.5. The van der Waals surface area contributed by atoms with E-state index in [2.05, 4.69) is 12.1 Å². The summed E-state index contributed by atoms with van der Waals surface area (Å²) < 4.78 is 0. The monoisotopic (exact) mass is 155 g/mol. The lowest BCUT2D eigenvalue weighted by molar-refractivity contribution is 1.37. The lowest BCUT2D eigenvalue weighted by Gasteiger charge is -2.08. The predicted octanol–water partition coefficient (Wildman–Crippen LogP) is 1.98. The van der Waals surface area contributed by atoms with Crippen LogP contribution in [0.5, 0.6) is 0 Å². The molecule has 1 nitrogen and oxygen atoms in total. The molecular formula is C11H9N. The molecule has 0 saturated heterocycles. The number of benzene rings is 1. The van der Waals surface area contributed by atoms with Crippen LogP contribution in [0, 0.1) is 31.9 Å². The number of nitrogens with zero attached hydrogens (tertiary/aromatic N) is 1. The number of rotatable bonds is 1. The highest BCUT2D eigenvalue weighted by Gasteiger charge is 1.96. The van der Waals surface area contributed by atoms with Crippen LogP contribution in [0.3, 0.4) is 0 Å². The van der Waals surface area contributed by atoms with Gasteiger partial charge in [0.1, 0.15) is 0 Å². The van der Waals surface area contributed by atoms with Gasteiger partial charge < -0.3 is 0 Å². The summed E-state index contributed by atoms with van der Waals surface area (Å²) in [6.45, 7) is 2.01. The molecule has 12 heavy (non-hydrogen) atoms. The molecule has 0 aliphatic heterocycles. The Morgan fingerprint density at radius 3 is 2.00 bits per heavy atom. The van der Waals surface area contributed by atoms with Crippen molar-refractivity contribution in [1.82, 2.24) is 0 Å². The molecule has 0 atom stereocenters. The largest absolute Gasteiger partial charge is 0.228 e. The average Bonchev–Trinajstić information content (AvgIpc) is 2.10. The van der Waals surface area contributed by atoms with Crippen LogP contribution in [0.2, 0.25) is 0 Å². The summed E-state index contributed by atoms with van der Waals surface area (Å²) >= 11 is 0. The van der Waals surface area contributed by atoms with Gasteiger partial charge in [-0.2, -0.15) is 0 Å². The first-order valence-corrected chi connectivity index (χ1v) is 3.57. The molecule has 1 rings (SSSR count). The van der Waals surface area contributed by atoms with Crippen LogP contribution >= 0.6 is 0 Å². The normalized spacial score (nSPS) is 8.25. The first-order chi connectivity index (χ1) is 5.77. The minimum Gasteiger partial charge on any atom is -0.228 e. The van der Waals surface area contributed by atoms with Gasteiger partial charge in [-0.1, -0.05) is 30.5 Å². The van der Waals surface area contributed by atoms with Gasteiger partial charge in [-0.3, -0.25) is 0 Å². The van der Waals surface area contributed by atoms with Crippen molar-refractivity contribution in [3.8, 4) is 24.9 Å². The summed E-state index contributed by atoms with van der Waals surface area (Å²) in [7, 11) is 0. The molecule has 1 aromatic rings. The SMILES string of the molecule is C#CN(C#C)c1ccc(C)cc1. The predicted molar refractivity (Wildman–Crippen MR) is 51.3 cm³/mol. The van der Waals surface area contributed by atoms with Gasteiger partial charge in [0.25, 0.3) is 0 Å². The van der Waals surface area contributed by atoms with Crippen LogP contribution in [-0.4, -0.2) is 0 Å². The maximum absolute atomic E-state index is 5.19. The Morgan fingerprint density at radius 1 is 1.08 bits per heavy atom. The molecule has 0 spiro atoms. The first-order valence-electron chi connectivity index (χ1n) is 3.57. The molecule has 0 fully saturated rings. The van der Waals surface area contributed by atoms with Crippen LogP contribution in [0.25, 0.3) is 0 Å². The minimum atomic E-state index is 0.852. The highest BCUT2D eigenvalue weighted by atomic mass is 15.1. The van der Waals surface area contributed by atoms with E-state index >= 15 is 0 Å². The van der Waals surface area contributed by atoms with E-state index in [1.54, 1.807) is 0 Å². The highest BCUT2D eigenvalue weighted by Crippen LogP contribution is 2.12. The summed E-state index contributed by atoms with van der Waals surface area (Å²) in [5.41, 5.74) is 2.04. The lowest BCUT2D eigenvalue weighted by atomic mass is 10.2. The van der Waals surface area contributed by atoms with Crippen LogP contribution < -0.4 is 4.90 Å². The van der Waals surface area contributed by atoms with Gasteiger partial charge in [0.05, 0.1) is 5.69 Å². The number of anilines is 1. The van der Waals surface area contributed by atoms with E-state index in [1.165, 1.54) is 10.5 Å². The van der Waals surface area contributed by atoms with E-state index < -0.39 is 0 Å². The topological polar surface area (TPSA) is 3.24 Å². The van der Waals surface area contributed by atoms with E-state index in [4.69, 9.17) is 12.8 Å². The number of hydrogen-bond donors (Lipinski definition) is 0. The third-order valence-electron chi connectivity index (χ3n) is 1.55. The smallest absolute Gasteiger partial charge is 0.0636 e. The molecule has 0 unspecified atom stereocenters. The molecule has 0 aliphatic carbocycles. The third kappa shape index (κ3) is 1.59. The van der Waals surface area contributed by atoms with E-state index in [9.17, 15) is 0 Å². The maximum atomic E-state index is 5.19. The maximum Gasteiger partial charge on any atom is 0.0636 e. The second kappa shape index (κ2) is 3.51. The molecule has 0 aliphatic rings. The molecule has 0 heterocycles.